The zero-order valence-electron chi connectivity index (χ0n) is 11.1. The van der Waals surface area contributed by atoms with Gasteiger partial charge in [0.25, 0.3) is 0 Å². The molecule has 2 rings (SSSR count). The molecular weight excluding hydrogens is 226 g/mol. The number of aliphatic carboxylic acids is 1. The number of aryl methyl sites for hydroxylation is 2. The van der Waals surface area contributed by atoms with Crippen molar-refractivity contribution < 1.29 is 9.90 Å². The van der Waals surface area contributed by atoms with Crippen LogP contribution >= 0.6 is 0 Å². The van der Waals surface area contributed by atoms with Crippen molar-refractivity contribution in [3.63, 3.8) is 0 Å². The first-order valence-electron chi connectivity index (χ1n) is 6.64. The largest absolute Gasteiger partial charge is 0.480 e. The van der Waals surface area contributed by atoms with Crippen LogP contribution in [-0.2, 0) is 24.2 Å². The van der Waals surface area contributed by atoms with Crippen molar-refractivity contribution in [2.75, 3.05) is 0 Å². The van der Waals surface area contributed by atoms with Crippen molar-refractivity contribution in [1.29, 1.82) is 0 Å². The fraction of sp³-hybridized carbons (Fsp3) is 0.533. The van der Waals surface area contributed by atoms with E-state index in [0.29, 0.717) is 13.0 Å². The first kappa shape index (κ1) is 13.1. The maximum absolute atomic E-state index is 11.2. The molecule has 0 spiro atoms. The fourth-order valence-electron chi connectivity index (χ4n) is 2.38. The molecular formula is C15H21NO2. The average Bonchev–Trinajstić information content (AvgIpc) is 2.82. The van der Waals surface area contributed by atoms with Crippen molar-refractivity contribution in [1.82, 2.24) is 5.32 Å². The Hall–Kier alpha value is -1.35. The Kier molecular flexibility index (Phi) is 3.71. The molecule has 1 aromatic carbocycles. The Morgan fingerprint density at radius 2 is 2.11 bits per heavy atom. The van der Waals surface area contributed by atoms with Gasteiger partial charge in [0.05, 0.1) is 0 Å². The van der Waals surface area contributed by atoms with E-state index >= 15 is 0 Å². The minimum Gasteiger partial charge on any atom is -0.480 e. The number of nitrogens with one attached hydrogen (secondary N) is 1. The fourth-order valence-corrected chi connectivity index (χ4v) is 2.38. The van der Waals surface area contributed by atoms with Crippen molar-refractivity contribution in [3.8, 4) is 0 Å². The molecule has 0 radical (unpaired) electrons. The number of hydrogen-bond acceptors (Lipinski definition) is 2. The summed E-state index contributed by atoms with van der Waals surface area (Å²) < 4.78 is 0. The van der Waals surface area contributed by atoms with Gasteiger partial charge in [0.15, 0.2) is 0 Å². The number of benzene rings is 1. The normalized spacial score (nSPS) is 17.2. The van der Waals surface area contributed by atoms with Crippen molar-refractivity contribution in [2.24, 2.45) is 0 Å². The highest BCUT2D eigenvalue weighted by Crippen LogP contribution is 2.23. The van der Waals surface area contributed by atoms with E-state index in [4.69, 9.17) is 0 Å². The molecule has 0 saturated carbocycles. The van der Waals surface area contributed by atoms with Crippen LogP contribution in [0.1, 0.15) is 43.4 Å². The van der Waals surface area contributed by atoms with Gasteiger partial charge < -0.3 is 5.11 Å². The minimum absolute atomic E-state index is 0.577. The van der Waals surface area contributed by atoms with Gasteiger partial charge in [0.1, 0.15) is 5.54 Å². The molecule has 1 aliphatic rings. The summed E-state index contributed by atoms with van der Waals surface area (Å²) >= 11 is 0. The van der Waals surface area contributed by atoms with Gasteiger partial charge in [-0.05, 0) is 49.3 Å². The van der Waals surface area contributed by atoms with E-state index in [1.807, 2.05) is 6.92 Å². The zero-order chi connectivity index (χ0) is 13.2. The molecule has 3 nitrogen and oxygen atoms in total. The highest BCUT2D eigenvalue weighted by atomic mass is 16.4. The van der Waals surface area contributed by atoms with Gasteiger partial charge in [-0.2, -0.15) is 0 Å². The Balaban J connectivity index is 2.04. The zero-order valence-corrected chi connectivity index (χ0v) is 11.1. The van der Waals surface area contributed by atoms with Crippen LogP contribution in [0.2, 0.25) is 0 Å². The summed E-state index contributed by atoms with van der Waals surface area (Å²) in [6.45, 7) is 4.25. The number of fused-ring (bicyclic) bond motifs is 1. The van der Waals surface area contributed by atoms with Crippen LogP contribution in [0.25, 0.3) is 0 Å². The van der Waals surface area contributed by atoms with E-state index in [2.05, 4.69) is 23.5 Å². The summed E-state index contributed by atoms with van der Waals surface area (Å²) in [5.74, 6) is -0.786. The summed E-state index contributed by atoms with van der Waals surface area (Å²) in [5, 5.41) is 12.4. The lowest BCUT2D eigenvalue weighted by Gasteiger charge is -2.24. The van der Waals surface area contributed by atoms with E-state index in [9.17, 15) is 9.90 Å². The van der Waals surface area contributed by atoms with E-state index in [-0.39, 0.29) is 0 Å². The molecule has 2 N–H and O–H groups in total. The van der Waals surface area contributed by atoms with Crippen LogP contribution in [0.5, 0.6) is 0 Å². The predicted molar refractivity (Wildman–Crippen MR) is 71.6 cm³/mol. The quantitative estimate of drug-likeness (QED) is 0.840. The second-order valence-corrected chi connectivity index (χ2v) is 5.30. The number of carbonyl (C=O) groups is 1. The third-order valence-electron chi connectivity index (χ3n) is 4.02. The van der Waals surface area contributed by atoms with Crippen LogP contribution in [0.4, 0.5) is 0 Å². The van der Waals surface area contributed by atoms with Gasteiger partial charge in [-0.3, -0.25) is 10.1 Å². The molecule has 0 aliphatic heterocycles. The van der Waals surface area contributed by atoms with Crippen LogP contribution in [0, 0.1) is 0 Å². The lowest BCUT2D eigenvalue weighted by atomic mass is 9.98. The van der Waals surface area contributed by atoms with Gasteiger partial charge in [-0.15, -0.1) is 0 Å². The Morgan fingerprint density at radius 3 is 2.78 bits per heavy atom. The molecule has 1 aliphatic carbocycles. The molecule has 0 saturated heterocycles. The molecule has 0 fully saturated rings. The van der Waals surface area contributed by atoms with E-state index in [1.165, 1.54) is 29.5 Å². The summed E-state index contributed by atoms with van der Waals surface area (Å²) in [6, 6.07) is 6.51. The van der Waals surface area contributed by atoms with Crippen molar-refractivity contribution in [3.05, 3.63) is 34.9 Å². The first-order valence-corrected chi connectivity index (χ1v) is 6.64. The monoisotopic (exact) mass is 247 g/mol. The van der Waals surface area contributed by atoms with Crippen LogP contribution in [0.3, 0.4) is 0 Å². The van der Waals surface area contributed by atoms with E-state index < -0.39 is 11.5 Å². The van der Waals surface area contributed by atoms with E-state index in [1.54, 1.807) is 6.92 Å². The lowest BCUT2D eigenvalue weighted by molar-refractivity contribution is -0.144. The van der Waals surface area contributed by atoms with Gasteiger partial charge in [0, 0.05) is 6.54 Å². The Labute approximate surface area is 108 Å². The summed E-state index contributed by atoms with van der Waals surface area (Å²) in [6.07, 6.45) is 4.17. The third kappa shape index (κ3) is 2.56. The topological polar surface area (TPSA) is 49.3 Å². The molecule has 1 unspecified atom stereocenters. The number of hydrogen-bond donors (Lipinski definition) is 2. The minimum atomic E-state index is -0.834. The number of rotatable bonds is 5. The maximum atomic E-state index is 11.2. The van der Waals surface area contributed by atoms with Gasteiger partial charge >= 0.3 is 5.97 Å². The Morgan fingerprint density at radius 1 is 1.39 bits per heavy atom. The first-order chi connectivity index (χ1) is 8.55. The molecule has 1 atom stereocenters. The van der Waals surface area contributed by atoms with Crippen LogP contribution < -0.4 is 5.32 Å². The lowest BCUT2D eigenvalue weighted by Crippen LogP contribution is -2.48. The predicted octanol–water partition coefficient (Wildman–Crippen LogP) is 2.52. The molecule has 0 aromatic heterocycles. The van der Waals surface area contributed by atoms with E-state index in [0.717, 1.165) is 6.42 Å². The Bertz CT molecular complexity index is 456. The summed E-state index contributed by atoms with van der Waals surface area (Å²) in [5.41, 5.74) is 3.23. The third-order valence-corrected chi connectivity index (χ3v) is 4.02. The molecule has 1 aromatic rings. The summed E-state index contributed by atoms with van der Waals surface area (Å²) in [4.78, 5) is 11.2. The van der Waals surface area contributed by atoms with Crippen molar-refractivity contribution >= 4 is 5.97 Å². The smallest absolute Gasteiger partial charge is 0.323 e. The van der Waals surface area contributed by atoms with Crippen LogP contribution in [-0.4, -0.2) is 16.6 Å². The second-order valence-electron chi connectivity index (χ2n) is 5.30. The van der Waals surface area contributed by atoms with Crippen molar-refractivity contribution in [2.45, 2.75) is 51.6 Å². The highest BCUT2D eigenvalue weighted by Gasteiger charge is 2.30. The van der Waals surface area contributed by atoms with Gasteiger partial charge in [0.2, 0.25) is 0 Å². The molecule has 0 amide bonds. The second kappa shape index (κ2) is 5.11. The highest BCUT2D eigenvalue weighted by molar-refractivity contribution is 5.78. The SMILES string of the molecule is CCC(C)(NCc1ccc2c(c1)CCC2)C(=O)O. The number of carboxylic acids is 1. The molecule has 98 valence electrons. The maximum Gasteiger partial charge on any atom is 0.323 e. The molecule has 0 bridgehead atoms. The molecule has 3 heteroatoms. The van der Waals surface area contributed by atoms with Gasteiger partial charge in [-0.1, -0.05) is 25.1 Å². The average molecular weight is 247 g/mol. The molecule has 18 heavy (non-hydrogen) atoms. The molecule has 0 heterocycles. The van der Waals surface area contributed by atoms with Gasteiger partial charge in [-0.25, -0.2) is 0 Å². The van der Waals surface area contributed by atoms with Crippen LogP contribution in [0.15, 0.2) is 18.2 Å². The number of carboxylic acid groups (broad SMARTS) is 1. The summed E-state index contributed by atoms with van der Waals surface area (Å²) in [7, 11) is 0. The standard InChI is InChI=1S/C15H21NO2/c1-3-15(2,14(17)18)16-10-11-7-8-12-5-4-6-13(12)9-11/h7-9,16H,3-6,10H2,1-2H3,(H,17,18).